The van der Waals surface area contributed by atoms with Gasteiger partial charge in [-0.2, -0.15) is 0 Å². The van der Waals surface area contributed by atoms with Gasteiger partial charge in [0.25, 0.3) is 5.56 Å². The van der Waals surface area contributed by atoms with E-state index >= 15 is 0 Å². The molecule has 1 rings (SSSR count). The first kappa shape index (κ1) is 12.7. The summed E-state index contributed by atoms with van der Waals surface area (Å²) in [5.74, 6) is 1.12. The first-order valence-electron chi connectivity index (χ1n) is 5.96. The van der Waals surface area contributed by atoms with Gasteiger partial charge < -0.3 is 5.32 Å². The number of H-pyrrole nitrogens is 1. The molecule has 4 heteroatoms. The van der Waals surface area contributed by atoms with E-state index in [0.29, 0.717) is 11.9 Å². The maximum Gasteiger partial charge on any atom is 0.252 e. The van der Waals surface area contributed by atoms with E-state index in [0.717, 1.165) is 31.5 Å². The van der Waals surface area contributed by atoms with Gasteiger partial charge in [0.05, 0.1) is 0 Å². The molecule has 0 aromatic carbocycles. The van der Waals surface area contributed by atoms with Crippen molar-refractivity contribution in [2.75, 3.05) is 11.9 Å². The van der Waals surface area contributed by atoms with Crippen LogP contribution in [-0.4, -0.2) is 16.5 Å². The van der Waals surface area contributed by atoms with Crippen molar-refractivity contribution in [2.24, 2.45) is 5.92 Å². The summed E-state index contributed by atoms with van der Waals surface area (Å²) < 4.78 is 0. The molecule has 0 spiro atoms. The number of anilines is 1. The molecule has 4 nitrogen and oxygen atoms in total. The molecule has 0 aliphatic heterocycles. The van der Waals surface area contributed by atoms with Gasteiger partial charge in [-0.15, -0.1) is 0 Å². The fourth-order valence-electron chi connectivity index (χ4n) is 1.38. The van der Waals surface area contributed by atoms with Crippen LogP contribution in [0.1, 0.15) is 39.3 Å². The smallest absolute Gasteiger partial charge is 0.252 e. The Morgan fingerprint density at radius 2 is 2.25 bits per heavy atom. The summed E-state index contributed by atoms with van der Waals surface area (Å²) in [7, 11) is 0. The van der Waals surface area contributed by atoms with Gasteiger partial charge in [-0.05, 0) is 18.8 Å². The Hall–Kier alpha value is -1.32. The monoisotopic (exact) mass is 223 g/mol. The molecule has 0 atom stereocenters. The number of hydrogen-bond acceptors (Lipinski definition) is 3. The van der Waals surface area contributed by atoms with Crippen LogP contribution in [-0.2, 0) is 6.42 Å². The van der Waals surface area contributed by atoms with Gasteiger partial charge >= 0.3 is 0 Å². The molecular weight excluding hydrogens is 202 g/mol. The number of unbranched alkanes of at least 4 members (excludes halogenated alkanes) is 1. The Labute approximate surface area is 96.5 Å². The second-order valence-electron chi connectivity index (χ2n) is 4.46. The lowest BCUT2D eigenvalue weighted by Crippen LogP contribution is -2.16. The molecule has 0 bridgehead atoms. The van der Waals surface area contributed by atoms with Gasteiger partial charge in [0.15, 0.2) is 0 Å². The van der Waals surface area contributed by atoms with Gasteiger partial charge in [-0.25, -0.2) is 4.98 Å². The maximum absolute atomic E-state index is 11.4. The Balaban J connectivity index is 2.69. The average Bonchev–Trinajstić information content (AvgIpc) is 2.23. The summed E-state index contributed by atoms with van der Waals surface area (Å²) in [4.78, 5) is 18.5. The van der Waals surface area contributed by atoms with Gasteiger partial charge in [0, 0.05) is 18.3 Å². The third kappa shape index (κ3) is 4.47. The van der Waals surface area contributed by atoms with Crippen LogP contribution in [0.3, 0.4) is 0 Å². The lowest BCUT2D eigenvalue weighted by molar-refractivity contribution is 0.682. The highest BCUT2D eigenvalue weighted by Gasteiger charge is 2.01. The molecular formula is C12H21N3O. The van der Waals surface area contributed by atoms with Gasteiger partial charge in [0.2, 0.25) is 5.95 Å². The first-order valence-corrected chi connectivity index (χ1v) is 5.96. The average molecular weight is 223 g/mol. The molecule has 0 saturated carbocycles. The van der Waals surface area contributed by atoms with Crippen molar-refractivity contribution >= 4 is 5.95 Å². The number of nitrogens with one attached hydrogen (secondary N) is 2. The van der Waals surface area contributed by atoms with Crippen LogP contribution in [0.25, 0.3) is 0 Å². The van der Waals surface area contributed by atoms with Crippen molar-refractivity contribution in [3.05, 3.63) is 22.1 Å². The number of aromatic amines is 1. The van der Waals surface area contributed by atoms with Crippen molar-refractivity contribution in [3.63, 3.8) is 0 Å². The fraction of sp³-hybridized carbons (Fsp3) is 0.667. The Morgan fingerprint density at radius 3 is 2.88 bits per heavy atom. The second kappa shape index (κ2) is 6.30. The third-order valence-corrected chi connectivity index (χ3v) is 2.26. The third-order valence-electron chi connectivity index (χ3n) is 2.26. The lowest BCUT2D eigenvalue weighted by Gasteiger charge is -2.08. The van der Waals surface area contributed by atoms with Crippen LogP contribution in [0.2, 0.25) is 0 Å². The van der Waals surface area contributed by atoms with Gasteiger partial charge in [0.1, 0.15) is 0 Å². The number of aryl methyl sites for hydroxylation is 1. The highest BCUT2D eigenvalue weighted by atomic mass is 16.1. The zero-order valence-corrected chi connectivity index (χ0v) is 10.3. The minimum Gasteiger partial charge on any atom is -0.355 e. The molecule has 2 N–H and O–H groups in total. The van der Waals surface area contributed by atoms with Crippen LogP contribution in [0, 0.1) is 5.92 Å². The van der Waals surface area contributed by atoms with Crippen LogP contribution in [0.15, 0.2) is 10.9 Å². The van der Waals surface area contributed by atoms with Crippen LogP contribution >= 0.6 is 0 Å². The molecule has 1 heterocycles. The minimum atomic E-state index is -0.0765. The van der Waals surface area contributed by atoms with Crippen LogP contribution in [0.5, 0.6) is 0 Å². The summed E-state index contributed by atoms with van der Waals surface area (Å²) in [6.07, 6.45) is 3.06. The number of rotatable bonds is 6. The van der Waals surface area contributed by atoms with Crippen molar-refractivity contribution < 1.29 is 0 Å². The van der Waals surface area contributed by atoms with E-state index in [-0.39, 0.29) is 5.56 Å². The fourth-order valence-corrected chi connectivity index (χ4v) is 1.38. The lowest BCUT2D eigenvalue weighted by atomic mass is 10.2. The molecule has 16 heavy (non-hydrogen) atoms. The Morgan fingerprint density at radius 1 is 1.50 bits per heavy atom. The highest BCUT2D eigenvalue weighted by molar-refractivity contribution is 5.25. The zero-order chi connectivity index (χ0) is 12.0. The number of aromatic nitrogens is 2. The summed E-state index contributed by atoms with van der Waals surface area (Å²) >= 11 is 0. The molecule has 0 unspecified atom stereocenters. The molecule has 0 saturated heterocycles. The van der Waals surface area contributed by atoms with E-state index in [9.17, 15) is 4.79 Å². The molecule has 0 aliphatic rings. The summed E-state index contributed by atoms with van der Waals surface area (Å²) in [5.41, 5.74) is 0.796. The van der Waals surface area contributed by atoms with Gasteiger partial charge in [-0.3, -0.25) is 9.78 Å². The van der Waals surface area contributed by atoms with Gasteiger partial charge in [-0.1, -0.05) is 27.2 Å². The summed E-state index contributed by atoms with van der Waals surface area (Å²) in [6.45, 7) is 7.18. The SMILES string of the molecule is CCCCc1cc(=O)[nH]c(NCC(C)C)n1. The van der Waals surface area contributed by atoms with E-state index in [1.807, 2.05) is 0 Å². The van der Waals surface area contributed by atoms with Crippen LogP contribution in [0.4, 0.5) is 5.95 Å². The highest BCUT2D eigenvalue weighted by Crippen LogP contribution is 2.03. The molecule has 0 amide bonds. The maximum atomic E-state index is 11.4. The normalized spacial score (nSPS) is 10.8. The second-order valence-corrected chi connectivity index (χ2v) is 4.46. The summed E-state index contributed by atoms with van der Waals surface area (Å²) in [6, 6.07) is 1.58. The minimum absolute atomic E-state index is 0.0765. The van der Waals surface area contributed by atoms with E-state index in [1.165, 1.54) is 0 Å². The van der Waals surface area contributed by atoms with E-state index in [2.05, 4.69) is 36.1 Å². The first-order chi connectivity index (χ1) is 7.61. The molecule has 1 aromatic rings. The molecule has 0 aliphatic carbocycles. The topological polar surface area (TPSA) is 57.8 Å². The van der Waals surface area contributed by atoms with E-state index in [4.69, 9.17) is 0 Å². The van der Waals surface area contributed by atoms with Crippen molar-refractivity contribution in [1.29, 1.82) is 0 Å². The van der Waals surface area contributed by atoms with E-state index < -0.39 is 0 Å². The predicted octanol–water partition coefficient (Wildman–Crippen LogP) is 2.18. The number of nitrogens with zero attached hydrogens (tertiary/aromatic N) is 1. The quantitative estimate of drug-likeness (QED) is 0.777. The van der Waals surface area contributed by atoms with Crippen molar-refractivity contribution in [1.82, 2.24) is 9.97 Å². The standard InChI is InChI=1S/C12H21N3O/c1-4-5-6-10-7-11(16)15-12(14-10)13-8-9(2)3/h7,9H,4-6,8H2,1-3H3,(H2,13,14,15,16). The van der Waals surface area contributed by atoms with E-state index in [1.54, 1.807) is 6.07 Å². The van der Waals surface area contributed by atoms with Crippen molar-refractivity contribution in [3.8, 4) is 0 Å². The zero-order valence-electron chi connectivity index (χ0n) is 10.3. The van der Waals surface area contributed by atoms with Crippen LogP contribution < -0.4 is 10.9 Å². The molecule has 0 radical (unpaired) electrons. The Kier molecular flexibility index (Phi) is 5.02. The predicted molar refractivity (Wildman–Crippen MR) is 66.8 cm³/mol. The largest absolute Gasteiger partial charge is 0.355 e. The number of hydrogen-bond donors (Lipinski definition) is 2. The Bertz CT molecular complexity index is 371. The molecule has 0 fully saturated rings. The molecule has 1 aromatic heterocycles. The summed E-state index contributed by atoms with van der Waals surface area (Å²) in [5, 5.41) is 3.14. The molecule has 90 valence electrons. The van der Waals surface area contributed by atoms with Crippen molar-refractivity contribution in [2.45, 2.75) is 40.0 Å².